The molecule has 0 amide bonds. The Morgan fingerprint density at radius 3 is 1.72 bits per heavy atom. The van der Waals surface area contributed by atoms with E-state index in [0.29, 0.717) is 5.56 Å². The topological polar surface area (TPSA) is 0 Å². The third-order valence-corrected chi connectivity index (χ3v) is 3.78. The largest absolute Gasteiger partial charge is 0.216 e. The first-order valence-corrected chi connectivity index (χ1v) is 6.91. The predicted molar refractivity (Wildman–Crippen MR) is 79.8 cm³/mol. The van der Waals surface area contributed by atoms with Crippen LogP contribution in [0, 0.1) is 0 Å². The van der Waals surface area contributed by atoms with Gasteiger partial charge in [0, 0.05) is 5.56 Å². The van der Waals surface area contributed by atoms with Gasteiger partial charge in [-0.3, -0.25) is 0 Å². The van der Waals surface area contributed by atoms with Crippen LogP contribution < -0.4 is 0 Å². The molecule has 1 atom stereocenters. The Balaban J connectivity index is 2.25. The fourth-order valence-corrected chi connectivity index (χ4v) is 2.32. The van der Waals surface area contributed by atoms with Crippen molar-refractivity contribution in [2.24, 2.45) is 0 Å². The molecule has 2 aromatic rings. The van der Waals surface area contributed by atoms with Crippen molar-refractivity contribution in [1.29, 1.82) is 0 Å². The summed E-state index contributed by atoms with van der Waals surface area (Å²) in [6, 6.07) is 17.2. The number of hydrogen-bond acceptors (Lipinski definition) is 0. The standard InChI is InChI=1S/C14H10Cl4/c15-13(10-4-2-1-3-5-10)11-6-8-12(9-7-11)14(16,17)18/h1-9,13H. The molecule has 0 aromatic heterocycles. The monoisotopic (exact) mass is 318 g/mol. The van der Waals surface area contributed by atoms with Gasteiger partial charge in [0.1, 0.15) is 0 Å². The fraction of sp³-hybridized carbons (Fsp3) is 0.143. The van der Waals surface area contributed by atoms with Gasteiger partial charge >= 0.3 is 0 Å². The van der Waals surface area contributed by atoms with Gasteiger partial charge in [0.2, 0.25) is 3.79 Å². The van der Waals surface area contributed by atoms with Gasteiger partial charge in [0.05, 0.1) is 5.38 Å². The van der Waals surface area contributed by atoms with Crippen LogP contribution in [0.2, 0.25) is 0 Å². The molecule has 0 N–H and O–H groups in total. The van der Waals surface area contributed by atoms with Crippen molar-refractivity contribution in [3.05, 3.63) is 71.3 Å². The first-order chi connectivity index (χ1) is 8.48. The summed E-state index contributed by atoms with van der Waals surface area (Å²) in [6.07, 6.45) is 0. The molecule has 2 aromatic carbocycles. The Morgan fingerprint density at radius 1 is 0.722 bits per heavy atom. The molecule has 4 heteroatoms. The van der Waals surface area contributed by atoms with Crippen LogP contribution in [0.4, 0.5) is 0 Å². The molecule has 0 bridgehead atoms. The third-order valence-electron chi connectivity index (χ3n) is 2.62. The SMILES string of the molecule is ClC(c1ccccc1)c1ccc(C(Cl)(Cl)Cl)cc1. The lowest BCUT2D eigenvalue weighted by Gasteiger charge is -2.14. The van der Waals surface area contributed by atoms with E-state index >= 15 is 0 Å². The van der Waals surface area contributed by atoms with E-state index in [4.69, 9.17) is 46.4 Å². The van der Waals surface area contributed by atoms with E-state index in [1.54, 1.807) is 12.1 Å². The number of halogens is 4. The molecule has 0 aliphatic heterocycles. The van der Waals surface area contributed by atoms with Crippen LogP contribution in [0.25, 0.3) is 0 Å². The molecule has 0 saturated heterocycles. The molecule has 18 heavy (non-hydrogen) atoms. The van der Waals surface area contributed by atoms with Gasteiger partial charge < -0.3 is 0 Å². The van der Waals surface area contributed by atoms with Crippen LogP contribution in [0.15, 0.2) is 54.6 Å². The molecule has 1 unspecified atom stereocenters. The minimum absolute atomic E-state index is 0.198. The lowest BCUT2D eigenvalue weighted by molar-refractivity contribution is 1.12. The number of alkyl halides is 4. The summed E-state index contributed by atoms with van der Waals surface area (Å²) in [5.41, 5.74) is 2.65. The summed E-state index contributed by atoms with van der Waals surface area (Å²) in [4.78, 5) is 0. The maximum atomic E-state index is 6.40. The summed E-state index contributed by atoms with van der Waals surface area (Å²) in [5, 5.41) is -0.198. The molecule has 0 saturated carbocycles. The van der Waals surface area contributed by atoms with Crippen molar-refractivity contribution in [3.63, 3.8) is 0 Å². The number of hydrogen-bond donors (Lipinski definition) is 0. The van der Waals surface area contributed by atoms with Crippen LogP contribution in [-0.4, -0.2) is 0 Å². The lowest BCUT2D eigenvalue weighted by Crippen LogP contribution is -2.00. The molecular weight excluding hydrogens is 310 g/mol. The van der Waals surface area contributed by atoms with Crippen LogP contribution in [-0.2, 0) is 3.79 Å². The highest BCUT2D eigenvalue weighted by molar-refractivity contribution is 6.66. The van der Waals surface area contributed by atoms with Crippen LogP contribution in [0.5, 0.6) is 0 Å². The molecule has 0 spiro atoms. The maximum absolute atomic E-state index is 6.40. The number of benzene rings is 2. The second kappa shape index (κ2) is 5.71. The van der Waals surface area contributed by atoms with Crippen molar-refractivity contribution < 1.29 is 0 Å². The highest BCUT2D eigenvalue weighted by atomic mass is 35.6. The van der Waals surface area contributed by atoms with Crippen LogP contribution >= 0.6 is 46.4 Å². The molecule has 0 aliphatic carbocycles. The Morgan fingerprint density at radius 2 is 1.22 bits per heavy atom. The summed E-state index contributed by atoms with van der Waals surface area (Å²) in [6.45, 7) is 0. The second-order valence-electron chi connectivity index (χ2n) is 3.89. The quantitative estimate of drug-likeness (QED) is 0.610. The first-order valence-electron chi connectivity index (χ1n) is 5.34. The van der Waals surface area contributed by atoms with E-state index in [-0.39, 0.29) is 5.38 Å². The third kappa shape index (κ3) is 3.33. The molecule has 0 radical (unpaired) electrons. The predicted octanol–water partition coefficient (Wildman–Crippen LogP) is 5.84. The lowest BCUT2D eigenvalue weighted by atomic mass is 10.0. The van der Waals surface area contributed by atoms with Gasteiger partial charge in [-0.25, -0.2) is 0 Å². The molecular formula is C14H10Cl4. The van der Waals surface area contributed by atoms with Crippen LogP contribution in [0.3, 0.4) is 0 Å². The summed E-state index contributed by atoms with van der Waals surface area (Å²) in [5.74, 6) is 0. The molecule has 94 valence electrons. The smallest absolute Gasteiger partial charge is 0.113 e. The summed E-state index contributed by atoms with van der Waals surface area (Å²) in [7, 11) is 0. The molecule has 2 rings (SSSR count). The van der Waals surface area contributed by atoms with E-state index in [1.165, 1.54) is 0 Å². The highest BCUT2D eigenvalue weighted by Crippen LogP contribution is 2.39. The van der Waals surface area contributed by atoms with Crippen molar-refractivity contribution >= 4 is 46.4 Å². The van der Waals surface area contributed by atoms with Gasteiger partial charge in [-0.1, -0.05) is 89.4 Å². The van der Waals surface area contributed by atoms with Gasteiger partial charge in [-0.2, -0.15) is 0 Å². The zero-order chi connectivity index (χ0) is 13.2. The first kappa shape index (κ1) is 14.0. The highest BCUT2D eigenvalue weighted by Gasteiger charge is 2.22. The van der Waals surface area contributed by atoms with Crippen molar-refractivity contribution in [1.82, 2.24) is 0 Å². The van der Waals surface area contributed by atoms with E-state index < -0.39 is 3.79 Å². The molecule has 0 fully saturated rings. The number of rotatable bonds is 2. The van der Waals surface area contributed by atoms with Gasteiger partial charge in [0.15, 0.2) is 0 Å². The Bertz CT molecular complexity index is 500. The average Bonchev–Trinajstić information content (AvgIpc) is 2.38. The van der Waals surface area contributed by atoms with Gasteiger partial charge in [0.25, 0.3) is 0 Å². The minimum atomic E-state index is -1.40. The van der Waals surface area contributed by atoms with Crippen molar-refractivity contribution in [2.75, 3.05) is 0 Å². The Hall–Kier alpha value is -0.400. The van der Waals surface area contributed by atoms with E-state index in [9.17, 15) is 0 Å². The van der Waals surface area contributed by atoms with E-state index in [0.717, 1.165) is 11.1 Å². The fourth-order valence-electron chi connectivity index (χ4n) is 1.66. The zero-order valence-electron chi connectivity index (χ0n) is 9.29. The Kier molecular flexibility index (Phi) is 4.45. The summed E-state index contributed by atoms with van der Waals surface area (Å²) < 4.78 is -1.40. The molecule has 0 aliphatic rings. The molecule has 0 heterocycles. The van der Waals surface area contributed by atoms with E-state index in [2.05, 4.69) is 0 Å². The summed E-state index contributed by atoms with van der Waals surface area (Å²) >= 11 is 23.8. The maximum Gasteiger partial charge on any atom is 0.216 e. The minimum Gasteiger partial charge on any atom is -0.113 e. The molecule has 0 nitrogen and oxygen atoms in total. The van der Waals surface area contributed by atoms with Crippen molar-refractivity contribution in [3.8, 4) is 0 Å². The van der Waals surface area contributed by atoms with Crippen molar-refractivity contribution in [2.45, 2.75) is 9.17 Å². The zero-order valence-corrected chi connectivity index (χ0v) is 12.3. The average molecular weight is 320 g/mol. The van der Waals surface area contributed by atoms with Gasteiger partial charge in [-0.15, -0.1) is 11.6 Å². The van der Waals surface area contributed by atoms with Gasteiger partial charge in [-0.05, 0) is 11.1 Å². The van der Waals surface area contributed by atoms with Crippen LogP contribution in [0.1, 0.15) is 22.1 Å². The van der Waals surface area contributed by atoms with E-state index in [1.807, 2.05) is 42.5 Å². The second-order valence-corrected chi connectivity index (χ2v) is 6.61. The normalized spacial score (nSPS) is 13.3. The Labute approximate surface area is 126 Å².